The van der Waals surface area contributed by atoms with Crippen molar-refractivity contribution >= 4 is 27.1 Å². The lowest BCUT2D eigenvalue weighted by atomic mass is 10.6. The molecule has 0 unspecified atom stereocenters. The van der Waals surface area contributed by atoms with E-state index in [2.05, 4.69) is 4.74 Å². The Morgan fingerprint density at radius 2 is 1.86 bits per heavy atom. The third-order valence-corrected chi connectivity index (χ3v) is 0.863. The smallest absolute Gasteiger partial charge is 0.403 e. The minimum Gasteiger partial charge on any atom is -0.452 e. The molecule has 0 aromatic carbocycles. The Bertz CT molecular complexity index is 243. The molecule has 0 aromatic rings. The summed E-state index contributed by atoms with van der Waals surface area (Å²) >= 11 is 4.88. The molecule has 0 aliphatic heterocycles. The van der Waals surface area contributed by atoms with Gasteiger partial charge in [-0.05, 0) is 14.1 Å². The van der Waals surface area contributed by atoms with Gasteiger partial charge in [-0.2, -0.15) is 8.42 Å². The summed E-state index contributed by atoms with van der Waals surface area (Å²) in [6.45, 7) is 1.06. The summed E-state index contributed by atoms with van der Waals surface area (Å²) in [5.74, 6) is 0. The minimum absolute atomic E-state index is 0.356. The molecule has 0 bridgehead atoms. The summed E-state index contributed by atoms with van der Waals surface area (Å²) in [4.78, 5) is 11.9. The van der Waals surface area contributed by atoms with E-state index >= 15 is 0 Å². The van der Waals surface area contributed by atoms with Crippen molar-refractivity contribution in [3.63, 3.8) is 0 Å². The zero-order chi connectivity index (χ0) is 11.8. The molecule has 0 amide bonds. The predicted octanol–water partition coefficient (Wildman–Crippen LogP) is 0.427. The Labute approximate surface area is 88.5 Å². The zero-order valence-corrected chi connectivity index (χ0v) is 9.80. The number of ether oxygens (including phenoxy) is 1. The molecule has 0 aliphatic carbocycles. The van der Waals surface area contributed by atoms with Gasteiger partial charge in [-0.1, -0.05) is 0 Å². The van der Waals surface area contributed by atoms with Crippen LogP contribution in [0.4, 0.5) is 4.79 Å². The van der Waals surface area contributed by atoms with Crippen molar-refractivity contribution in [3.05, 3.63) is 0 Å². The molecule has 14 heavy (non-hydrogen) atoms. The van der Waals surface area contributed by atoms with Crippen LogP contribution in [0.3, 0.4) is 0 Å². The average molecular weight is 248 g/mol. The van der Waals surface area contributed by atoms with Crippen LogP contribution in [-0.2, 0) is 14.9 Å². The highest BCUT2D eigenvalue weighted by atomic mass is 35.5. The maximum Gasteiger partial charge on any atom is 0.403 e. The second-order valence-electron chi connectivity index (χ2n) is 2.62. The topological polar surface area (TPSA) is 83.9 Å². The summed E-state index contributed by atoms with van der Waals surface area (Å²) in [6, 6.07) is 0. The highest BCUT2D eigenvalue weighted by Gasteiger charge is 1.94. The molecule has 0 aromatic heterocycles. The molecule has 0 saturated heterocycles. The van der Waals surface area contributed by atoms with E-state index in [1.165, 1.54) is 0 Å². The van der Waals surface area contributed by atoms with Gasteiger partial charge >= 0.3 is 5.43 Å². The van der Waals surface area contributed by atoms with Crippen molar-refractivity contribution < 1.29 is 22.5 Å². The molecule has 6 nitrogen and oxygen atoms in total. The van der Waals surface area contributed by atoms with E-state index in [0.717, 1.165) is 0 Å². The van der Waals surface area contributed by atoms with Crippen molar-refractivity contribution in [3.8, 4) is 0 Å². The third kappa shape index (κ3) is 41.5. The van der Waals surface area contributed by atoms with Crippen LogP contribution in [0.15, 0.2) is 0 Å². The standard InChI is InChI=1S/C5H10ClNO2.CH4O3S/c1-7(2)3-4-9-5(6)8;1-5(2,3)4/h3-4H2,1-2H3;1H3,(H,2,3,4). The number of likely N-dealkylation sites (N-methyl/N-ethyl adjacent to an activating group) is 1. The van der Waals surface area contributed by atoms with Crippen LogP contribution in [0, 0.1) is 0 Å². The first-order valence-corrected chi connectivity index (χ1v) is 5.75. The van der Waals surface area contributed by atoms with E-state index in [4.69, 9.17) is 16.2 Å². The van der Waals surface area contributed by atoms with Gasteiger partial charge in [0.1, 0.15) is 6.61 Å². The van der Waals surface area contributed by atoms with Gasteiger partial charge in [0.15, 0.2) is 0 Å². The maximum atomic E-state index is 9.95. The maximum absolute atomic E-state index is 9.95. The first-order chi connectivity index (χ1) is 6.13. The molecule has 1 N–H and O–H groups in total. The van der Waals surface area contributed by atoms with Gasteiger partial charge in [-0.3, -0.25) is 4.55 Å². The van der Waals surface area contributed by atoms with Crippen LogP contribution in [0.2, 0.25) is 0 Å². The van der Waals surface area contributed by atoms with Gasteiger partial charge in [0.05, 0.1) is 6.26 Å². The molecule has 0 radical (unpaired) electrons. The van der Waals surface area contributed by atoms with E-state index in [1.54, 1.807) is 0 Å². The Balaban J connectivity index is 0. The molecule has 0 fully saturated rings. The van der Waals surface area contributed by atoms with Gasteiger partial charge in [-0.25, -0.2) is 4.79 Å². The third-order valence-electron chi connectivity index (χ3n) is 0.754. The lowest BCUT2D eigenvalue weighted by Crippen LogP contribution is -2.18. The fourth-order valence-electron chi connectivity index (χ4n) is 0.308. The van der Waals surface area contributed by atoms with E-state index < -0.39 is 15.5 Å². The van der Waals surface area contributed by atoms with Crippen molar-refractivity contribution in [1.82, 2.24) is 4.90 Å². The van der Waals surface area contributed by atoms with Crippen molar-refractivity contribution in [2.24, 2.45) is 0 Å². The largest absolute Gasteiger partial charge is 0.452 e. The van der Waals surface area contributed by atoms with E-state index in [-0.39, 0.29) is 0 Å². The van der Waals surface area contributed by atoms with Gasteiger partial charge in [0.25, 0.3) is 10.1 Å². The first kappa shape index (κ1) is 16.1. The van der Waals surface area contributed by atoms with Crippen LogP contribution in [0.1, 0.15) is 0 Å². The molecule has 0 saturated carbocycles. The number of halogens is 1. The molecular formula is C6H14ClNO5S. The van der Waals surface area contributed by atoms with Gasteiger partial charge in [0, 0.05) is 18.1 Å². The molecule has 0 aliphatic rings. The van der Waals surface area contributed by atoms with Crippen LogP contribution in [-0.4, -0.2) is 56.8 Å². The Morgan fingerprint density at radius 3 is 2.07 bits per heavy atom. The van der Waals surface area contributed by atoms with Crippen LogP contribution >= 0.6 is 11.6 Å². The van der Waals surface area contributed by atoms with Gasteiger partial charge in [-0.15, -0.1) is 0 Å². The fourth-order valence-corrected chi connectivity index (χ4v) is 0.386. The lowest BCUT2D eigenvalue weighted by Gasteiger charge is -2.07. The quantitative estimate of drug-likeness (QED) is 0.575. The van der Waals surface area contributed by atoms with Crippen LogP contribution in [0.25, 0.3) is 0 Å². The van der Waals surface area contributed by atoms with Crippen LogP contribution in [0.5, 0.6) is 0 Å². The molecule has 86 valence electrons. The summed E-state index contributed by atoms with van der Waals surface area (Å²) < 4.78 is 30.3. The Hall–Kier alpha value is -0.370. The minimum atomic E-state index is -3.67. The second kappa shape index (κ2) is 7.98. The van der Waals surface area contributed by atoms with Crippen molar-refractivity contribution in [2.75, 3.05) is 33.5 Å². The number of nitrogens with zero attached hydrogens (tertiary/aromatic N) is 1. The normalized spacial score (nSPS) is 10.4. The number of rotatable bonds is 3. The molecule has 0 rings (SSSR count). The van der Waals surface area contributed by atoms with Crippen LogP contribution < -0.4 is 0 Å². The second-order valence-corrected chi connectivity index (χ2v) is 4.40. The molecular weight excluding hydrogens is 234 g/mol. The summed E-state index contributed by atoms with van der Waals surface area (Å²) in [5, 5.41) is 0. The number of carbonyl (C=O) groups is 1. The molecule has 0 heterocycles. The highest BCUT2D eigenvalue weighted by Crippen LogP contribution is 1.86. The van der Waals surface area contributed by atoms with Gasteiger partial charge < -0.3 is 9.64 Å². The number of carbonyl (C=O) groups excluding carboxylic acids is 1. The van der Waals surface area contributed by atoms with E-state index in [9.17, 15) is 13.2 Å². The van der Waals surface area contributed by atoms with Crippen molar-refractivity contribution in [1.29, 1.82) is 0 Å². The molecule has 0 spiro atoms. The van der Waals surface area contributed by atoms with Gasteiger partial charge in [0.2, 0.25) is 0 Å². The fraction of sp³-hybridized carbons (Fsp3) is 0.833. The Kier molecular flexibility index (Phi) is 9.16. The Morgan fingerprint density at radius 1 is 1.50 bits per heavy atom. The molecule has 8 heteroatoms. The number of hydrogen-bond donors (Lipinski definition) is 1. The summed E-state index contributed by atoms with van der Waals surface area (Å²) in [6.07, 6.45) is 0.715. The molecule has 0 atom stereocenters. The SMILES string of the molecule is CN(C)CCOC(=O)Cl.CS(=O)(=O)O. The van der Waals surface area contributed by atoms with E-state index in [1.807, 2.05) is 19.0 Å². The lowest BCUT2D eigenvalue weighted by molar-refractivity contribution is 0.162. The van der Waals surface area contributed by atoms with E-state index in [0.29, 0.717) is 19.4 Å². The van der Waals surface area contributed by atoms with Crippen molar-refractivity contribution in [2.45, 2.75) is 0 Å². The zero-order valence-electron chi connectivity index (χ0n) is 8.23. The monoisotopic (exact) mass is 247 g/mol. The first-order valence-electron chi connectivity index (χ1n) is 3.52. The average Bonchev–Trinajstić information content (AvgIpc) is 1.80. The summed E-state index contributed by atoms with van der Waals surface area (Å²) in [7, 11) is 0.115. The summed E-state index contributed by atoms with van der Waals surface area (Å²) in [5.41, 5.74) is -0.739. The highest BCUT2D eigenvalue weighted by molar-refractivity contribution is 7.85. The number of hydrogen-bond acceptors (Lipinski definition) is 5. The predicted molar refractivity (Wildman–Crippen MR) is 53.2 cm³/mol.